The molecule has 1 fully saturated rings. The van der Waals surface area contributed by atoms with E-state index < -0.39 is 52.7 Å². The number of benzene rings is 2. The molecule has 2 aromatic carbocycles. The molecule has 7 atom stereocenters. The average molecular weight is 536 g/mol. The maximum Gasteiger partial charge on any atom is 0.229 e. The first-order valence-electron chi connectivity index (χ1n) is 12.8. The van der Waals surface area contributed by atoms with Gasteiger partial charge in [0.1, 0.15) is 30.2 Å². The zero-order valence-corrected chi connectivity index (χ0v) is 22.0. The summed E-state index contributed by atoms with van der Waals surface area (Å²) in [5.41, 5.74) is 0.920. The summed E-state index contributed by atoms with van der Waals surface area (Å²) in [6, 6.07) is 14.1. The summed E-state index contributed by atoms with van der Waals surface area (Å²) in [5, 5.41) is 43.7. The minimum Gasteiger partial charge on any atom is -0.462 e. The van der Waals surface area contributed by atoms with Gasteiger partial charge in [0.05, 0.1) is 23.3 Å². The van der Waals surface area contributed by atoms with Gasteiger partial charge in [-0.15, -0.1) is 0 Å². The van der Waals surface area contributed by atoms with Crippen molar-refractivity contribution in [2.24, 2.45) is 0 Å². The number of nitrogens with one attached hydrogen (secondary N) is 1. The molecule has 5 N–H and O–H groups in total. The summed E-state index contributed by atoms with van der Waals surface area (Å²) in [4.78, 5) is 0.128. The minimum absolute atomic E-state index is 0.0731. The van der Waals surface area contributed by atoms with E-state index in [1.54, 1.807) is 12.1 Å². The highest BCUT2D eigenvalue weighted by Gasteiger charge is 2.45. The van der Waals surface area contributed by atoms with E-state index in [0.717, 1.165) is 18.4 Å². The van der Waals surface area contributed by atoms with Crippen molar-refractivity contribution in [2.75, 3.05) is 12.4 Å². The Balaban J connectivity index is 1.75. The van der Waals surface area contributed by atoms with Crippen LogP contribution in [0.1, 0.15) is 56.7 Å². The van der Waals surface area contributed by atoms with Crippen LogP contribution in [0.25, 0.3) is 0 Å². The van der Waals surface area contributed by atoms with E-state index in [1.807, 2.05) is 37.3 Å². The van der Waals surface area contributed by atoms with Crippen LogP contribution >= 0.6 is 0 Å². The number of sulfone groups is 1. The van der Waals surface area contributed by atoms with Gasteiger partial charge in [-0.2, -0.15) is 0 Å². The van der Waals surface area contributed by atoms with Crippen LogP contribution < -0.4 is 10.1 Å². The van der Waals surface area contributed by atoms with Crippen LogP contribution in [0.15, 0.2) is 53.4 Å². The standard InChI is InChI=1S/C27H37NO8S/c1-3-5-13-27(4-2)16-37(33,34)21-14-18(35-26-25(32)24(31)23(30)20(15-29)36-26)11-12-19(21)22(28-27)17-9-7-6-8-10-17/h6-12,14,20,22-26,28-32H,3-5,13,15-16H2,1-2H3/t20-,22-,23-,24+,25-,26-,27-/m1/s1. The molecule has 2 aliphatic heterocycles. The third-order valence-electron chi connectivity index (χ3n) is 7.47. The normalized spacial score (nSPS) is 33.4. The number of hydrogen-bond donors (Lipinski definition) is 5. The third-order valence-corrected chi connectivity index (χ3v) is 9.42. The summed E-state index contributed by atoms with van der Waals surface area (Å²) < 4.78 is 38.9. The predicted octanol–water partition coefficient (Wildman–Crippen LogP) is 1.67. The maximum atomic E-state index is 13.8. The average Bonchev–Trinajstić information content (AvgIpc) is 3.00. The van der Waals surface area contributed by atoms with Gasteiger partial charge in [0.15, 0.2) is 9.84 Å². The first kappa shape index (κ1) is 28.0. The molecule has 0 bridgehead atoms. The number of aliphatic hydroxyl groups excluding tert-OH is 4. The summed E-state index contributed by atoms with van der Waals surface area (Å²) in [6.45, 7) is 3.50. The van der Waals surface area contributed by atoms with Crippen LogP contribution in [0.5, 0.6) is 5.75 Å². The smallest absolute Gasteiger partial charge is 0.229 e. The maximum absolute atomic E-state index is 13.8. The highest BCUT2D eigenvalue weighted by atomic mass is 32.2. The molecule has 0 saturated carbocycles. The highest BCUT2D eigenvalue weighted by molar-refractivity contribution is 7.91. The van der Waals surface area contributed by atoms with Crippen LogP contribution in [0.4, 0.5) is 0 Å². The molecule has 4 rings (SSSR count). The van der Waals surface area contributed by atoms with Crippen molar-refractivity contribution in [3.05, 3.63) is 59.7 Å². The number of aliphatic hydroxyl groups is 4. The highest BCUT2D eigenvalue weighted by Crippen LogP contribution is 2.40. The zero-order chi connectivity index (χ0) is 26.8. The topological polar surface area (TPSA) is 146 Å². The number of fused-ring (bicyclic) bond motifs is 1. The van der Waals surface area contributed by atoms with Gasteiger partial charge in [-0.05, 0) is 36.1 Å². The van der Waals surface area contributed by atoms with Gasteiger partial charge < -0.3 is 29.9 Å². The second-order valence-corrected chi connectivity index (χ2v) is 12.0. The van der Waals surface area contributed by atoms with E-state index in [2.05, 4.69) is 12.2 Å². The lowest BCUT2D eigenvalue weighted by Gasteiger charge is -2.39. The van der Waals surface area contributed by atoms with Crippen molar-refractivity contribution in [3.63, 3.8) is 0 Å². The second kappa shape index (κ2) is 11.4. The lowest BCUT2D eigenvalue weighted by molar-refractivity contribution is -0.277. The summed E-state index contributed by atoms with van der Waals surface area (Å²) >= 11 is 0. The largest absolute Gasteiger partial charge is 0.462 e. The van der Waals surface area contributed by atoms with E-state index in [0.29, 0.717) is 18.4 Å². The number of rotatable bonds is 8. The van der Waals surface area contributed by atoms with Crippen molar-refractivity contribution < 1.29 is 38.3 Å². The lowest BCUT2D eigenvalue weighted by Crippen LogP contribution is -2.60. The van der Waals surface area contributed by atoms with E-state index >= 15 is 0 Å². The molecule has 0 amide bonds. The van der Waals surface area contributed by atoms with Crippen LogP contribution in [-0.4, -0.2) is 77.4 Å². The Labute approximate surface area is 218 Å². The predicted molar refractivity (Wildman–Crippen MR) is 137 cm³/mol. The fourth-order valence-corrected chi connectivity index (χ4v) is 7.37. The van der Waals surface area contributed by atoms with E-state index in [-0.39, 0.29) is 22.4 Å². The van der Waals surface area contributed by atoms with Gasteiger partial charge in [0.25, 0.3) is 0 Å². The van der Waals surface area contributed by atoms with Crippen molar-refractivity contribution in [2.45, 2.75) is 86.7 Å². The minimum atomic E-state index is -3.76. The monoisotopic (exact) mass is 535 g/mol. The number of unbranched alkanes of at least 4 members (excludes halogenated alkanes) is 1. The Kier molecular flexibility index (Phi) is 8.59. The second-order valence-electron chi connectivity index (χ2n) is 10.00. The first-order valence-corrected chi connectivity index (χ1v) is 14.5. The summed E-state index contributed by atoms with van der Waals surface area (Å²) in [7, 11) is -3.76. The van der Waals surface area contributed by atoms with Crippen LogP contribution in [0, 0.1) is 0 Å². The summed E-state index contributed by atoms with van der Waals surface area (Å²) in [5.74, 6) is 0.0482. The van der Waals surface area contributed by atoms with Crippen LogP contribution in [0.3, 0.4) is 0 Å². The molecule has 2 heterocycles. The number of ether oxygens (including phenoxy) is 2. The first-order chi connectivity index (χ1) is 17.6. The van der Waals surface area contributed by atoms with Gasteiger partial charge in [-0.3, -0.25) is 5.32 Å². The van der Waals surface area contributed by atoms with Crippen molar-refractivity contribution in [1.82, 2.24) is 5.32 Å². The Morgan fingerprint density at radius 3 is 2.43 bits per heavy atom. The molecule has 0 spiro atoms. The SMILES string of the molecule is CCCC[C@]1(CC)CS(=O)(=O)c2cc(O[C@@H]3O[C@H](CO)[C@@H](O)[C@H](O)[C@H]3O)ccc2[C@@H](c2ccccc2)N1. The quantitative estimate of drug-likeness (QED) is 0.341. The molecule has 2 aliphatic rings. The molecule has 0 aromatic heterocycles. The molecule has 0 aliphatic carbocycles. The molecule has 10 heteroatoms. The van der Waals surface area contributed by atoms with Gasteiger partial charge >= 0.3 is 0 Å². The van der Waals surface area contributed by atoms with Gasteiger partial charge in [-0.1, -0.05) is 63.1 Å². The van der Waals surface area contributed by atoms with E-state index in [4.69, 9.17) is 9.47 Å². The van der Waals surface area contributed by atoms with Crippen LogP contribution in [0.2, 0.25) is 0 Å². The Morgan fingerprint density at radius 2 is 1.78 bits per heavy atom. The molecule has 0 unspecified atom stereocenters. The van der Waals surface area contributed by atoms with Crippen molar-refractivity contribution >= 4 is 9.84 Å². The molecule has 37 heavy (non-hydrogen) atoms. The molecular formula is C27H37NO8S. The zero-order valence-electron chi connectivity index (χ0n) is 21.2. The lowest BCUT2D eigenvalue weighted by atomic mass is 9.88. The third kappa shape index (κ3) is 5.70. The fourth-order valence-electron chi connectivity index (χ4n) is 5.21. The molecule has 0 radical (unpaired) electrons. The van der Waals surface area contributed by atoms with Gasteiger partial charge in [0.2, 0.25) is 6.29 Å². The molecule has 2 aromatic rings. The Bertz CT molecular complexity index is 1160. The molecule has 1 saturated heterocycles. The van der Waals surface area contributed by atoms with Crippen LogP contribution in [-0.2, 0) is 14.6 Å². The van der Waals surface area contributed by atoms with Gasteiger partial charge in [0, 0.05) is 5.54 Å². The Hall–Kier alpha value is -2.05. The fraction of sp³-hybridized carbons (Fsp3) is 0.556. The summed E-state index contributed by atoms with van der Waals surface area (Å²) in [6.07, 6.45) is -4.08. The Morgan fingerprint density at radius 1 is 1.05 bits per heavy atom. The molecular weight excluding hydrogens is 498 g/mol. The molecule has 9 nitrogen and oxygen atoms in total. The van der Waals surface area contributed by atoms with Gasteiger partial charge in [-0.25, -0.2) is 8.42 Å². The van der Waals surface area contributed by atoms with E-state index in [1.165, 1.54) is 6.07 Å². The van der Waals surface area contributed by atoms with Crippen molar-refractivity contribution in [3.8, 4) is 5.75 Å². The molecule has 204 valence electrons. The number of hydrogen-bond acceptors (Lipinski definition) is 9. The van der Waals surface area contributed by atoms with E-state index in [9.17, 15) is 28.8 Å². The van der Waals surface area contributed by atoms with Crippen molar-refractivity contribution in [1.29, 1.82) is 0 Å².